The van der Waals surface area contributed by atoms with Gasteiger partial charge >= 0.3 is 6.01 Å². The molecule has 0 aromatic carbocycles. The summed E-state index contributed by atoms with van der Waals surface area (Å²) in [6.45, 7) is 5.23. The van der Waals surface area contributed by atoms with E-state index in [-0.39, 0.29) is 0 Å². The fourth-order valence-electron chi connectivity index (χ4n) is 1.26. The Balaban J connectivity index is 1.81. The Kier molecular flexibility index (Phi) is 3.77. The van der Waals surface area contributed by atoms with Gasteiger partial charge in [-0.05, 0) is 12.1 Å². The molecule has 0 amide bonds. The van der Waals surface area contributed by atoms with E-state index in [1.807, 2.05) is 12.1 Å². The summed E-state index contributed by atoms with van der Waals surface area (Å²) in [5.74, 6) is 1.39. The first-order valence-corrected chi connectivity index (χ1v) is 5.56. The van der Waals surface area contributed by atoms with E-state index in [4.69, 9.17) is 8.83 Å². The largest absolute Gasteiger partial charge is 0.467 e. The SMILES string of the molecule is CC(C)NCc1nnc(NCc2ccco2)o1. The molecule has 0 radical (unpaired) electrons. The van der Waals surface area contributed by atoms with Crippen molar-refractivity contribution in [3.05, 3.63) is 30.0 Å². The molecule has 0 aliphatic rings. The minimum atomic E-state index is 0.390. The van der Waals surface area contributed by atoms with Crippen molar-refractivity contribution in [2.45, 2.75) is 33.0 Å². The highest BCUT2D eigenvalue weighted by molar-refractivity contribution is 5.18. The van der Waals surface area contributed by atoms with Crippen LogP contribution in [0.3, 0.4) is 0 Å². The zero-order chi connectivity index (χ0) is 12.1. The van der Waals surface area contributed by atoms with Crippen molar-refractivity contribution in [2.75, 3.05) is 5.32 Å². The normalized spacial score (nSPS) is 11.0. The van der Waals surface area contributed by atoms with E-state index in [0.29, 0.717) is 31.0 Å². The molecule has 6 nitrogen and oxygen atoms in total. The van der Waals surface area contributed by atoms with Crippen LogP contribution in [-0.4, -0.2) is 16.2 Å². The quantitative estimate of drug-likeness (QED) is 0.796. The summed E-state index contributed by atoms with van der Waals surface area (Å²) in [4.78, 5) is 0. The average Bonchev–Trinajstić information content (AvgIpc) is 2.95. The number of nitrogens with zero attached hydrogens (tertiary/aromatic N) is 2. The molecular weight excluding hydrogens is 220 g/mol. The van der Waals surface area contributed by atoms with E-state index in [1.54, 1.807) is 6.26 Å². The van der Waals surface area contributed by atoms with E-state index >= 15 is 0 Å². The Morgan fingerprint density at radius 2 is 2.18 bits per heavy atom. The molecule has 0 saturated heterocycles. The van der Waals surface area contributed by atoms with Gasteiger partial charge in [-0.25, -0.2) is 0 Å². The van der Waals surface area contributed by atoms with Crippen LogP contribution in [0.5, 0.6) is 0 Å². The summed E-state index contributed by atoms with van der Waals surface area (Å²) in [7, 11) is 0. The van der Waals surface area contributed by atoms with E-state index in [2.05, 4.69) is 34.7 Å². The summed E-state index contributed by atoms with van der Waals surface area (Å²) >= 11 is 0. The Hall–Kier alpha value is -1.82. The van der Waals surface area contributed by atoms with Gasteiger partial charge in [-0.3, -0.25) is 0 Å². The van der Waals surface area contributed by atoms with Crippen LogP contribution in [0.2, 0.25) is 0 Å². The summed E-state index contributed by atoms with van der Waals surface area (Å²) < 4.78 is 10.6. The molecule has 0 atom stereocenters. The number of furan rings is 1. The van der Waals surface area contributed by atoms with Gasteiger partial charge in [0.1, 0.15) is 5.76 Å². The first-order valence-electron chi connectivity index (χ1n) is 5.56. The van der Waals surface area contributed by atoms with Gasteiger partial charge in [0.05, 0.1) is 19.4 Å². The average molecular weight is 236 g/mol. The van der Waals surface area contributed by atoms with Crippen LogP contribution >= 0.6 is 0 Å². The third-order valence-corrected chi connectivity index (χ3v) is 2.12. The molecule has 2 aromatic rings. The summed E-state index contributed by atoms with van der Waals surface area (Å²) in [5, 5.41) is 14.0. The van der Waals surface area contributed by atoms with Gasteiger partial charge in [0, 0.05) is 6.04 Å². The maximum absolute atomic E-state index is 5.39. The van der Waals surface area contributed by atoms with Gasteiger partial charge in [0.15, 0.2) is 0 Å². The molecule has 2 aromatic heterocycles. The second kappa shape index (κ2) is 5.49. The standard InChI is InChI=1S/C11H16N4O2/c1-8(2)12-7-10-14-15-11(17-10)13-6-9-4-3-5-16-9/h3-5,8,12H,6-7H2,1-2H3,(H,13,15). The van der Waals surface area contributed by atoms with Crippen LogP contribution in [0.15, 0.2) is 27.2 Å². The minimum absolute atomic E-state index is 0.390. The molecule has 2 rings (SSSR count). The third-order valence-electron chi connectivity index (χ3n) is 2.12. The first kappa shape index (κ1) is 11.7. The van der Waals surface area contributed by atoms with E-state index in [9.17, 15) is 0 Å². The molecule has 0 bridgehead atoms. The zero-order valence-corrected chi connectivity index (χ0v) is 9.93. The molecule has 92 valence electrons. The maximum atomic E-state index is 5.39. The second-order valence-electron chi connectivity index (χ2n) is 3.97. The number of anilines is 1. The molecule has 0 aliphatic carbocycles. The van der Waals surface area contributed by atoms with Gasteiger partial charge in [-0.15, -0.1) is 5.10 Å². The van der Waals surface area contributed by atoms with Crippen molar-refractivity contribution in [1.82, 2.24) is 15.5 Å². The van der Waals surface area contributed by atoms with Crippen molar-refractivity contribution < 1.29 is 8.83 Å². The minimum Gasteiger partial charge on any atom is -0.467 e. The number of hydrogen-bond acceptors (Lipinski definition) is 6. The number of hydrogen-bond donors (Lipinski definition) is 2. The summed E-state index contributed by atoms with van der Waals surface area (Å²) in [6.07, 6.45) is 1.63. The number of nitrogens with one attached hydrogen (secondary N) is 2. The van der Waals surface area contributed by atoms with Crippen LogP contribution in [0, 0.1) is 0 Å². The lowest BCUT2D eigenvalue weighted by atomic mass is 10.4. The van der Waals surface area contributed by atoms with Crippen LogP contribution in [0.1, 0.15) is 25.5 Å². The lowest BCUT2D eigenvalue weighted by molar-refractivity contribution is 0.455. The monoisotopic (exact) mass is 236 g/mol. The summed E-state index contributed by atoms with van der Waals surface area (Å²) in [5.41, 5.74) is 0. The Morgan fingerprint density at radius 3 is 2.88 bits per heavy atom. The van der Waals surface area contributed by atoms with Crippen molar-refractivity contribution >= 4 is 6.01 Å². The highest BCUT2D eigenvalue weighted by Gasteiger charge is 2.06. The molecule has 17 heavy (non-hydrogen) atoms. The zero-order valence-electron chi connectivity index (χ0n) is 9.93. The van der Waals surface area contributed by atoms with Crippen LogP contribution < -0.4 is 10.6 Å². The molecule has 0 saturated carbocycles. The van der Waals surface area contributed by atoms with Gasteiger partial charge in [-0.1, -0.05) is 18.9 Å². The molecule has 2 heterocycles. The maximum Gasteiger partial charge on any atom is 0.315 e. The van der Waals surface area contributed by atoms with Gasteiger partial charge in [-0.2, -0.15) is 0 Å². The van der Waals surface area contributed by atoms with Crippen molar-refractivity contribution in [1.29, 1.82) is 0 Å². The highest BCUT2D eigenvalue weighted by atomic mass is 16.4. The van der Waals surface area contributed by atoms with Crippen LogP contribution in [-0.2, 0) is 13.1 Å². The molecule has 2 N–H and O–H groups in total. The molecule has 0 aliphatic heterocycles. The molecule has 0 spiro atoms. The smallest absolute Gasteiger partial charge is 0.315 e. The molecule has 0 fully saturated rings. The number of aromatic nitrogens is 2. The molecule has 6 heteroatoms. The highest BCUT2D eigenvalue weighted by Crippen LogP contribution is 2.08. The first-order chi connectivity index (χ1) is 8.24. The summed E-state index contributed by atoms with van der Waals surface area (Å²) in [6, 6.07) is 4.51. The van der Waals surface area contributed by atoms with E-state index < -0.39 is 0 Å². The fourth-order valence-corrected chi connectivity index (χ4v) is 1.26. The lowest BCUT2D eigenvalue weighted by Crippen LogP contribution is -2.21. The van der Waals surface area contributed by atoms with E-state index in [0.717, 1.165) is 5.76 Å². The lowest BCUT2D eigenvalue weighted by Gasteiger charge is -2.03. The molecular formula is C11H16N4O2. The third kappa shape index (κ3) is 3.60. The Bertz CT molecular complexity index is 436. The van der Waals surface area contributed by atoms with Crippen molar-refractivity contribution in [3.8, 4) is 0 Å². The van der Waals surface area contributed by atoms with Crippen LogP contribution in [0.25, 0.3) is 0 Å². The van der Waals surface area contributed by atoms with Crippen LogP contribution in [0.4, 0.5) is 6.01 Å². The second-order valence-corrected chi connectivity index (χ2v) is 3.97. The number of rotatable bonds is 6. The van der Waals surface area contributed by atoms with Gasteiger partial charge < -0.3 is 19.5 Å². The fraction of sp³-hybridized carbons (Fsp3) is 0.455. The van der Waals surface area contributed by atoms with Gasteiger partial charge in [0.2, 0.25) is 5.89 Å². The Morgan fingerprint density at radius 1 is 1.29 bits per heavy atom. The Labute approximate surface area is 99.4 Å². The topological polar surface area (TPSA) is 76.1 Å². The van der Waals surface area contributed by atoms with Crippen molar-refractivity contribution in [2.24, 2.45) is 0 Å². The predicted octanol–water partition coefficient (Wildman–Crippen LogP) is 1.77. The predicted molar refractivity (Wildman–Crippen MR) is 62.3 cm³/mol. The van der Waals surface area contributed by atoms with Crippen molar-refractivity contribution in [3.63, 3.8) is 0 Å². The van der Waals surface area contributed by atoms with Gasteiger partial charge in [0.25, 0.3) is 0 Å². The van der Waals surface area contributed by atoms with E-state index in [1.165, 1.54) is 0 Å². The molecule has 0 unspecified atom stereocenters.